The van der Waals surface area contributed by atoms with E-state index in [-0.39, 0.29) is 17.1 Å². The van der Waals surface area contributed by atoms with Gasteiger partial charge < -0.3 is 20.6 Å². The van der Waals surface area contributed by atoms with E-state index in [1.807, 2.05) is 0 Å². The second-order valence-electron chi connectivity index (χ2n) is 8.16. The highest BCUT2D eigenvalue weighted by atomic mass is 19.4. The summed E-state index contributed by atoms with van der Waals surface area (Å²) in [7, 11) is 0. The highest BCUT2D eigenvalue weighted by Gasteiger charge is 2.35. The van der Waals surface area contributed by atoms with Crippen LogP contribution in [-0.2, 0) is 11.0 Å². The maximum Gasteiger partial charge on any atom is 0.416 e. The summed E-state index contributed by atoms with van der Waals surface area (Å²) in [4.78, 5) is 42.1. The molecule has 0 aliphatic carbocycles. The van der Waals surface area contributed by atoms with Gasteiger partial charge in [-0.3, -0.25) is 4.79 Å². The lowest BCUT2D eigenvalue weighted by molar-refractivity contribution is -0.137. The van der Waals surface area contributed by atoms with E-state index in [0.29, 0.717) is 19.4 Å². The molecule has 2 heterocycles. The van der Waals surface area contributed by atoms with E-state index in [4.69, 9.17) is 5.11 Å². The Morgan fingerprint density at radius 3 is 2.17 bits per heavy atom. The molecule has 0 spiro atoms. The summed E-state index contributed by atoms with van der Waals surface area (Å²) in [5, 5.41) is 14.2. The maximum absolute atomic E-state index is 12.8. The van der Waals surface area contributed by atoms with Crippen LogP contribution in [0.15, 0.2) is 66.9 Å². The SMILES string of the molecule is O=C(O)c1ccc(-c2ccc(NC(=O)[C@H]3CCCN3C(=O)Nc3ccc(C(F)(F)F)cc3)nc2)cc1. The van der Waals surface area contributed by atoms with Gasteiger partial charge in [0.25, 0.3) is 0 Å². The summed E-state index contributed by atoms with van der Waals surface area (Å²) in [5.74, 6) is -1.17. The molecule has 1 saturated heterocycles. The van der Waals surface area contributed by atoms with Crippen molar-refractivity contribution >= 4 is 29.4 Å². The zero-order chi connectivity index (χ0) is 25.9. The number of carbonyl (C=O) groups excluding carboxylic acids is 2. The highest BCUT2D eigenvalue weighted by Crippen LogP contribution is 2.30. The number of aromatic carboxylic acids is 1. The Bertz CT molecular complexity index is 1260. The monoisotopic (exact) mass is 498 g/mol. The van der Waals surface area contributed by atoms with Crippen LogP contribution < -0.4 is 10.6 Å². The van der Waals surface area contributed by atoms with Gasteiger partial charge in [-0.2, -0.15) is 13.2 Å². The number of anilines is 2. The Labute approximate surface area is 203 Å². The minimum atomic E-state index is -4.47. The fourth-order valence-electron chi connectivity index (χ4n) is 3.87. The fraction of sp³-hybridized carbons (Fsp3) is 0.200. The van der Waals surface area contributed by atoms with Crippen molar-refractivity contribution in [2.75, 3.05) is 17.2 Å². The molecule has 1 fully saturated rings. The lowest BCUT2D eigenvalue weighted by Gasteiger charge is -2.24. The predicted molar refractivity (Wildman–Crippen MR) is 125 cm³/mol. The van der Waals surface area contributed by atoms with Crippen LogP contribution in [0.2, 0.25) is 0 Å². The Hall–Kier alpha value is -4.41. The molecular weight excluding hydrogens is 477 g/mol. The summed E-state index contributed by atoms with van der Waals surface area (Å²) in [6.45, 7) is 0.323. The largest absolute Gasteiger partial charge is 0.478 e. The molecule has 0 bridgehead atoms. The zero-order valence-electron chi connectivity index (χ0n) is 18.7. The summed E-state index contributed by atoms with van der Waals surface area (Å²) in [6.07, 6.45) is -1.91. The van der Waals surface area contributed by atoms with E-state index in [9.17, 15) is 27.6 Å². The number of benzene rings is 2. The van der Waals surface area contributed by atoms with Gasteiger partial charge in [-0.1, -0.05) is 12.1 Å². The van der Waals surface area contributed by atoms with E-state index < -0.39 is 35.7 Å². The van der Waals surface area contributed by atoms with Crippen molar-refractivity contribution < 1.29 is 32.7 Å². The van der Waals surface area contributed by atoms with Crippen LogP contribution in [0.25, 0.3) is 11.1 Å². The van der Waals surface area contributed by atoms with Crippen LogP contribution in [0.5, 0.6) is 0 Å². The van der Waals surface area contributed by atoms with E-state index in [2.05, 4.69) is 15.6 Å². The number of aromatic nitrogens is 1. The molecule has 3 amide bonds. The first-order valence-electron chi connectivity index (χ1n) is 11.0. The number of carbonyl (C=O) groups is 3. The minimum absolute atomic E-state index is 0.166. The number of carboxylic acids is 1. The number of hydrogen-bond acceptors (Lipinski definition) is 4. The van der Waals surface area contributed by atoms with Gasteiger partial charge >= 0.3 is 18.2 Å². The minimum Gasteiger partial charge on any atom is -0.478 e. The van der Waals surface area contributed by atoms with Gasteiger partial charge in [0.1, 0.15) is 11.9 Å². The third-order valence-corrected chi connectivity index (χ3v) is 5.76. The second kappa shape index (κ2) is 10.1. The molecule has 3 N–H and O–H groups in total. The van der Waals surface area contributed by atoms with Crippen molar-refractivity contribution in [2.45, 2.75) is 25.1 Å². The third kappa shape index (κ3) is 5.62. The zero-order valence-corrected chi connectivity index (χ0v) is 18.7. The van der Waals surface area contributed by atoms with Gasteiger partial charge in [0.15, 0.2) is 0 Å². The van der Waals surface area contributed by atoms with Crippen molar-refractivity contribution in [3.63, 3.8) is 0 Å². The number of nitrogens with one attached hydrogen (secondary N) is 2. The lowest BCUT2D eigenvalue weighted by Crippen LogP contribution is -2.45. The number of hydrogen-bond donors (Lipinski definition) is 3. The van der Waals surface area contributed by atoms with Crippen molar-refractivity contribution in [3.05, 3.63) is 78.0 Å². The van der Waals surface area contributed by atoms with Crippen LogP contribution in [0.3, 0.4) is 0 Å². The molecule has 3 aromatic rings. The first kappa shape index (κ1) is 24.7. The Morgan fingerprint density at radius 1 is 0.917 bits per heavy atom. The highest BCUT2D eigenvalue weighted by molar-refractivity contribution is 5.99. The first-order valence-corrected chi connectivity index (χ1v) is 11.0. The number of pyridine rings is 1. The summed E-state index contributed by atoms with van der Waals surface area (Å²) in [6, 6.07) is 12.3. The van der Waals surface area contributed by atoms with Crippen molar-refractivity contribution in [1.82, 2.24) is 9.88 Å². The van der Waals surface area contributed by atoms with Gasteiger partial charge in [-0.15, -0.1) is 0 Å². The van der Waals surface area contributed by atoms with E-state index in [1.54, 1.807) is 24.3 Å². The van der Waals surface area contributed by atoms with Crippen LogP contribution in [0, 0.1) is 0 Å². The van der Waals surface area contributed by atoms with E-state index in [0.717, 1.165) is 35.4 Å². The predicted octanol–water partition coefficient (Wildman–Crippen LogP) is 5.10. The normalized spacial score (nSPS) is 15.4. The van der Waals surface area contributed by atoms with Crippen LogP contribution in [-0.4, -0.2) is 45.5 Å². The average Bonchev–Trinajstić information content (AvgIpc) is 3.35. The van der Waals surface area contributed by atoms with Gasteiger partial charge in [-0.25, -0.2) is 14.6 Å². The topological polar surface area (TPSA) is 112 Å². The van der Waals surface area contributed by atoms with Crippen LogP contribution in [0.4, 0.5) is 29.5 Å². The molecule has 1 atom stereocenters. The van der Waals surface area contributed by atoms with Gasteiger partial charge in [-0.05, 0) is 66.9 Å². The molecule has 8 nitrogen and oxygen atoms in total. The molecule has 11 heteroatoms. The number of nitrogens with zero attached hydrogens (tertiary/aromatic N) is 2. The average molecular weight is 498 g/mol. The standard InChI is InChI=1S/C25H21F3N4O4/c26-25(27,28)18-8-10-19(11-9-18)30-24(36)32-13-1-2-20(32)22(33)31-21-12-7-17(14-29-21)15-3-5-16(6-4-15)23(34)35/h3-12,14,20H,1-2,13H2,(H,30,36)(H,34,35)(H,29,31,33)/t20-/m1/s1. The molecule has 0 unspecified atom stereocenters. The number of halogens is 3. The summed E-state index contributed by atoms with van der Waals surface area (Å²) >= 11 is 0. The smallest absolute Gasteiger partial charge is 0.416 e. The number of alkyl halides is 3. The van der Waals surface area contributed by atoms with E-state index in [1.165, 1.54) is 23.2 Å². The number of urea groups is 1. The molecule has 0 saturated carbocycles. The van der Waals surface area contributed by atoms with Crippen LogP contribution >= 0.6 is 0 Å². The van der Waals surface area contributed by atoms with Crippen molar-refractivity contribution in [2.24, 2.45) is 0 Å². The van der Waals surface area contributed by atoms with Gasteiger partial charge in [0, 0.05) is 24.0 Å². The quantitative estimate of drug-likeness (QED) is 0.453. The summed E-state index contributed by atoms with van der Waals surface area (Å²) < 4.78 is 38.2. The molecular formula is C25H21F3N4O4. The molecule has 0 radical (unpaired) electrons. The Balaban J connectivity index is 1.37. The molecule has 36 heavy (non-hydrogen) atoms. The number of rotatable bonds is 5. The molecule has 186 valence electrons. The molecule has 1 aromatic heterocycles. The first-order chi connectivity index (χ1) is 17.1. The number of likely N-dealkylation sites (tertiary alicyclic amines) is 1. The molecule has 1 aliphatic heterocycles. The Morgan fingerprint density at radius 2 is 1.58 bits per heavy atom. The van der Waals surface area contributed by atoms with Gasteiger partial charge in [0.05, 0.1) is 11.1 Å². The van der Waals surface area contributed by atoms with Crippen LogP contribution in [0.1, 0.15) is 28.8 Å². The third-order valence-electron chi connectivity index (χ3n) is 5.76. The lowest BCUT2D eigenvalue weighted by atomic mass is 10.1. The second-order valence-corrected chi connectivity index (χ2v) is 8.16. The number of amides is 3. The van der Waals surface area contributed by atoms with Crippen molar-refractivity contribution in [3.8, 4) is 11.1 Å². The maximum atomic E-state index is 12.8. The summed E-state index contributed by atoms with van der Waals surface area (Å²) in [5.41, 5.74) is 1.01. The van der Waals surface area contributed by atoms with Gasteiger partial charge in [0.2, 0.25) is 5.91 Å². The molecule has 1 aliphatic rings. The molecule has 4 rings (SSSR count). The van der Waals surface area contributed by atoms with E-state index >= 15 is 0 Å². The molecule has 2 aromatic carbocycles. The number of carboxylic acid groups (broad SMARTS) is 1. The fourth-order valence-corrected chi connectivity index (χ4v) is 3.87. The van der Waals surface area contributed by atoms with Crippen molar-refractivity contribution in [1.29, 1.82) is 0 Å². The Kier molecular flexibility index (Phi) is 6.91.